The van der Waals surface area contributed by atoms with E-state index in [1.54, 1.807) is 54.4 Å². The fourth-order valence-corrected chi connectivity index (χ4v) is 9.91. The Morgan fingerprint density at radius 3 is 1.29 bits per heavy atom. The average molecular weight is 865 g/mol. The van der Waals surface area contributed by atoms with Crippen LogP contribution in [0.25, 0.3) is 0 Å². The van der Waals surface area contributed by atoms with E-state index in [1.807, 2.05) is 53.7 Å². The number of rotatable bonds is 11. The number of carbonyl (C=O) groups excluding carboxylic acids is 2. The van der Waals surface area contributed by atoms with Crippen molar-refractivity contribution in [2.45, 2.75) is 81.0 Å². The molecule has 0 aliphatic carbocycles. The van der Waals surface area contributed by atoms with E-state index in [4.69, 9.17) is 9.47 Å². The Bertz CT molecular complexity index is 2540. The van der Waals surface area contributed by atoms with Crippen molar-refractivity contribution in [1.29, 1.82) is 0 Å². The van der Waals surface area contributed by atoms with Gasteiger partial charge in [0, 0.05) is 0 Å². The topological polar surface area (TPSA) is 86.7 Å². The third-order valence-electron chi connectivity index (χ3n) is 10.4. The van der Waals surface area contributed by atoms with Gasteiger partial charge < -0.3 is 0 Å². The van der Waals surface area contributed by atoms with Crippen molar-refractivity contribution in [3.63, 3.8) is 0 Å². The Hall–Kier alpha value is -5.13. The molecule has 58 heavy (non-hydrogen) atoms. The summed E-state index contributed by atoms with van der Waals surface area (Å²) in [4.78, 5) is 26.3. The molecule has 6 rings (SSSR count). The van der Waals surface area contributed by atoms with Crippen LogP contribution in [0.1, 0.15) is 93.0 Å². The molecule has 6 aromatic rings. The first-order valence-electron chi connectivity index (χ1n) is 19.0. The molecule has 0 saturated carbocycles. The van der Waals surface area contributed by atoms with Crippen molar-refractivity contribution in [3.8, 4) is 11.5 Å². The molecule has 0 radical (unpaired) electrons. The summed E-state index contributed by atoms with van der Waals surface area (Å²) in [5.74, 6) is 1.73. The average Bonchev–Trinajstić information content (AvgIpc) is 3.16. The van der Waals surface area contributed by atoms with E-state index in [2.05, 4.69) is 57.2 Å². The molecule has 0 aliphatic rings. The molecule has 0 fully saturated rings. The summed E-state index contributed by atoms with van der Waals surface area (Å²) in [6, 6.07) is 30.4. The van der Waals surface area contributed by atoms with Gasteiger partial charge in [0.15, 0.2) is 0 Å². The molecule has 6 aromatic carbocycles. The standard InChI is InChI=1S/C25H25O2.C24H22O2.CH3.2Co.2O/c1-16-11-21(12-17(2)20(16)5)15-22-13-18(3)24(19(4)14-22)27-25(26)23-9-7-6-8-10-23;1-16-10-17(2)12-20(11-16)15-21-13-18(3)23(19(4)14-21)26-24(25)22-8-6-5-7-9-22;;;;;/h7-14H,15H2,1-5H3;5-6,8-9,11-14H,15H2,1-4H3;1H3;;;;. The second kappa shape index (κ2) is 17.8. The van der Waals surface area contributed by atoms with Gasteiger partial charge in [-0.2, -0.15) is 0 Å². The van der Waals surface area contributed by atoms with Crippen LogP contribution in [0.5, 0.6) is 11.5 Å². The third-order valence-corrected chi connectivity index (χ3v) is 13.8. The van der Waals surface area contributed by atoms with E-state index < -0.39 is 39.1 Å². The molecule has 0 bridgehead atoms. The molecule has 0 spiro atoms. The Kier molecular flexibility index (Phi) is 13.0. The first kappa shape index (κ1) is 42.5. The van der Waals surface area contributed by atoms with Gasteiger partial charge >= 0.3 is 303 Å². The van der Waals surface area contributed by atoms with Gasteiger partial charge in [0.25, 0.3) is 0 Å². The predicted molar refractivity (Wildman–Crippen MR) is 223 cm³/mol. The van der Waals surface area contributed by atoms with Gasteiger partial charge in [-0.15, -0.1) is 0 Å². The minimum atomic E-state index is -1.89. The van der Waals surface area contributed by atoms with E-state index in [9.17, 15) is 17.3 Å². The smallest absolute Gasteiger partial charge is 0.0392 e. The molecule has 8 heteroatoms. The van der Waals surface area contributed by atoms with Crippen LogP contribution in [0, 0.1) is 62.3 Å². The van der Waals surface area contributed by atoms with Crippen LogP contribution in [0.3, 0.4) is 0 Å². The van der Waals surface area contributed by atoms with Crippen molar-refractivity contribution >= 4 is 25.4 Å². The van der Waals surface area contributed by atoms with Crippen LogP contribution in [0.15, 0.2) is 97.1 Å². The third kappa shape index (κ3) is 9.59. The summed E-state index contributed by atoms with van der Waals surface area (Å²) in [6.45, 7) is 18.2. The molecule has 0 atom stereocenters. The van der Waals surface area contributed by atoms with Gasteiger partial charge in [-0.25, -0.2) is 0 Å². The molecular weight excluding hydrogens is 814 g/mol. The molecule has 0 amide bonds. The van der Waals surface area contributed by atoms with Crippen molar-refractivity contribution in [3.05, 3.63) is 181 Å². The van der Waals surface area contributed by atoms with Crippen molar-refractivity contribution in [2.24, 2.45) is 0 Å². The van der Waals surface area contributed by atoms with Gasteiger partial charge in [-0.1, -0.05) is 12.1 Å². The largest absolute Gasteiger partial charge is 0.0555 e. The monoisotopic (exact) mass is 864 g/mol. The maximum Gasteiger partial charge on any atom is -0.0392 e. The summed E-state index contributed by atoms with van der Waals surface area (Å²) in [5, 5.41) is 0. The van der Waals surface area contributed by atoms with E-state index in [-0.39, 0.29) is 0 Å². The zero-order chi connectivity index (χ0) is 42.0. The fourth-order valence-electron chi connectivity index (χ4n) is 7.50. The van der Waals surface area contributed by atoms with Gasteiger partial charge in [-0.05, 0) is 37.5 Å². The van der Waals surface area contributed by atoms with Crippen LogP contribution in [0.4, 0.5) is 0 Å². The minimum Gasteiger partial charge on any atom is -0.0555 e. The Balaban J connectivity index is 1.11. The second-order valence-corrected chi connectivity index (χ2v) is 18.7. The summed E-state index contributed by atoms with van der Waals surface area (Å²) in [7, 11) is 0. The molecule has 0 aromatic heterocycles. The number of hydrogen-bond acceptors (Lipinski definition) is 6. The maximum atomic E-state index is 14.0. The van der Waals surface area contributed by atoms with Crippen LogP contribution in [-0.4, -0.2) is 11.9 Å². The van der Waals surface area contributed by atoms with Crippen LogP contribution >= 0.6 is 0 Å². The SMILES string of the molecule is Cc1cc(Cc2cc(C)c(OC(=O)c3cc[c]([Co](=[O])[c]4c(C)cc(Cc5cc(C)c(OC(=O)c6ccc[c]([Co]([CH3])=[O])c6)c(C)c5)cc4C)cc3)c(C)c2)cc(C)c1C. The molecule has 0 N–H and O–H groups in total. The van der Waals surface area contributed by atoms with E-state index in [1.165, 1.54) is 27.8 Å². The first-order valence-corrected chi connectivity index (χ1v) is 22.5. The summed E-state index contributed by atoms with van der Waals surface area (Å²) < 4.78 is 39.7. The zero-order valence-corrected chi connectivity index (χ0v) is 36.9. The Morgan fingerprint density at radius 2 is 0.862 bits per heavy atom. The van der Waals surface area contributed by atoms with Crippen LogP contribution in [-0.2, 0) is 47.7 Å². The minimum absolute atomic E-state index is 0.356. The van der Waals surface area contributed by atoms with Gasteiger partial charge in [0.1, 0.15) is 0 Å². The summed E-state index contributed by atoms with van der Waals surface area (Å²) in [5.41, 5.74) is 14.5. The van der Waals surface area contributed by atoms with Crippen molar-refractivity contribution in [1.82, 2.24) is 0 Å². The van der Waals surface area contributed by atoms with E-state index in [0.29, 0.717) is 38.0 Å². The molecule has 0 unspecified atom stereocenters. The number of hydrogen-bond donors (Lipinski definition) is 0. The predicted octanol–water partition coefficient (Wildman–Crippen LogP) is 9.63. The number of esters is 2. The van der Waals surface area contributed by atoms with Gasteiger partial charge in [0.05, 0.1) is 0 Å². The van der Waals surface area contributed by atoms with Crippen LogP contribution < -0.4 is 23.0 Å². The Labute approximate surface area is 350 Å². The summed E-state index contributed by atoms with van der Waals surface area (Å²) in [6.07, 6.45) is 1.44. The summed E-state index contributed by atoms with van der Waals surface area (Å²) >= 11 is -3.44. The van der Waals surface area contributed by atoms with Crippen LogP contribution in [0.2, 0.25) is 5.86 Å². The Morgan fingerprint density at radius 1 is 0.466 bits per heavy atom. The van der Waals surface area contributed by atoms with Crippen molar-refractivity contribution < 1.29 is 54.0 Å². The normalized spacial score (nSPS) is 11.6. The number of benzene rings is 6. The van der Waals surface area contributed by atoms with E-state index >= 15 is 0 Å². The quantitative estimate of drug-likeness (QED) is 0.0953. The molecule has 0 aliphatic heterocycles. The fraction of sp³-hybridized carbons (Fsp3) is 0.240. The molecule has 0 saturated heterocycles. The van der Waals surface area contributed by atoms with Gasteiger partial charge in [0.2, 0.25) is 0 Å². The molecule has 304 valence electrons. The molecule has 0 heterocycles. The number of carbonyl (C=O) groups is 2. The maximum absolute atomic E-state index is 14.0. The van der Waals surface area contributed by atoms with Gasteiger partial charge in [-0.3, -0.25) is 0 Å². The number of ether oxygens (including phenoxy) is 2. The molecule has 6 nitrogen and oxygen atoms in total. The second-order valence-electron chi connectivity index (χ2n) is 15.2. The van der Waals surface area contributed by atoms with E-state index in [0.717, 1.165) is 55.4 Å². The zero-order valence-electron chi connectivity index (χ0n) is 34.8. The number of aryl methyl sites for hydroxylation is 8. The first-order chi connectivity index (χ1) is 27.5. The molecular formula is C50H50Co2O6. The van der Waals surface area contributed by atoms with Crippen molar-refractivity contribution in [2.75, 3.05) is 0 Å².